The van der Waals surface area contributed by atoms with Gasteiger partial charge in [-0.25, -0.2) is 4.39 Å². The van der Waals surface area contributed by atoms with Gasteiger partial charge in [0.15, 0.2) is 0 Å². The number of fused-ring (bicyclic) bond motifs is 1. The molecule has 0 atom stereocenters. The predicted molar refractivity (Wildman–Crippen MR) is 88.2 cm³/mol. The molecule has 0 unspecified atom stereocenters. The molecule has 0 fully saturated rings. The number of hydrogen-bond acceptors (Lipinski definition) is 1. The van der Waals surface area contributed by atoms with Crippen LogP contribution in [0.1, 0.15) is 24.6 Å². The first-order valence-corrected chi connectivity index (χ1v) is 7.52. The van der Waals surface area contributed by atoms with Crippen molar-refractivity contribution in [3.8, 4) is 5.69 Å². The van der Waals surface area contributed by atoms with Crippen molar-refractivity contribution in [2.24, 2.45) is 0 Å². The Kier molecular flexibility index (Phi) is 3.80. The summed E-state index contributed by atoms with van der Waals surface area (Å²) < 4.78 is 15.3. The highest BCUT2D eigenvalue weighted by atomic mass is 19.1. The van der Waals surface area contributed by atoms with Gasteiger partial charge in [0, 0.05) is 5.69 Å². The van der Waals surface area contributed by atoms with Crippen molar-refractivity contribution in [1.82, 2.24) is 4.57 Å². The molecule has 2 aromatic carbocycles. The lowest BCUT2D eigenvalue weighted by atomic mass is 10.1. The van der Waals surface area contributed by atoms with E-state index in [9.17, 15) is 9.18 Å². The average Bonchev–Trinajstić information content (AvgIpc) is 2.50. The number of para-hydroxylation sites is 1. The normalized spacial score (nSPS) is 11.0. The molecule has 1 aromatic heterocycles. The van der Waals surface area contributed by atoms with Crippen LogP contribution in [-0.2, 0) is 6.42 Å². The lowest BCUT2D eigenvalue weighted by molar-refractivity contribution is 0.629. The fourth-order valence-electron chi connectivity index (χ4n) is 2.85. The molecule has 0 amide bonds. The second kappa shape index (κ2) is 5.76. The van der Waals surface area contributed by atoms with E-state index in [-0.39, 0.29) is 11.4 Å². The Morgan fingerprint density at radius 2 is 1.86 bits per heavy atom. The minimum Gasteiger partial charge on any atom is -0.280 e. The SMILES string of the molecule is CCCc1cc2ccc(F)cc2c(=O)n1-c1ccccc1C. The Morgan fingerprint density at radius 1 is 1.09 bits per heavy atom. The largest absolute Gasteiger partial charge is 0.280 e. The zero-order valence-corrected chi connectivity index (χ0v) is 12.8. The van der Waals surface area contributed by atoms with Crippen LogP contribution in [-0.4, -0.2) is 4.57 Å². The van der Waals surface area contributed by atoms with Gasteiger partial charge in [-0.2, -0.15) is 0 Å². The summed E-state index contributed by atoms with van der Waals surface area (Å²) in [6.45, 7) is 4.06. The van der Waals surface area contributed by atoms with Gasteiger partial charge in [-0.1, -0.05) is 37.6 Å². The van der Waals surface area contributed by atoms with Crippen LogP contribution in [0.25, 0.3) is 16.5 Å². The van der Waals surface area contributed by atoms with E-state index in [4.69, 9.17) is 0 Å². The molecule has 22 heavy (non-hydrogen) atoms. The van der Waals surface area contributed by atoms with E-state index < -0.39 is 0 Å². The van der Waals surface area contributed by atoms with Gasteiger partial charge in [0.25, 0.3) is 5.56 Å². The monoisotopic (exact) mass is 295 g/mol. The Balaban J connectivity index is 2.41. The molecule has 0 radical (unpaired) electrons. The van der Waals surface area contributed by atoms with Crippen LogP contribution in [0, 0.1) is 12.7 Å². The third-order valence-corrected chi connectivity index (χ3v) is 3.92. The molecule has 0 aliphatic heterocycles. The number of hydrogen-bond donors (Lipinski definition) is 0. The van der Waals surface area contributed by atoms with Gasteiger partial charge >= 0.3 is 0 Å². The van der Waals surface area contributed by atoms with Gasteiger partial charge in [0.2, 0.25) is 0 Å². The summed E-state index contributed by atoms with van der Waals surface area (Å²) in [7, 11) is 0. The van der Waals surface area contributed by atoms with Gasteiger partial charge in [-0.05, 0) is 48.6 Å². The average molecular weight is 295 g/mol. The Bertz CT molecular complexity index is 896. The van der Waals surface area contributed by atoms with Crippen LogP contribution in [0.15, 0.2) is 53.3 Å². The maximum atomic E-state index is 13.5. The van der Waals surface area contributed by atoms with E-state index in [1.54, 1.807) is 10.6 Å². The topological polar surface area (TPSA) is 22.0 Å². The van der Waals surface area contributed by atoms with Crippen LogP contribution in [0.5, 0.6) is 0 Å². The summed E-state index contributed by atoms with van der Waals surface area (Å²) >= 11 is 0. The van der Waals surface area contributed by atoms with Crippen LogP contribution in [0.4, 0.5) is 4.39 Å². The minimum atomic E-state index is -0.385. The summed E-state index contributed by atoms with van der Waals surface area (Å²) in [5.74, 6) is -0.385. The molecule has 1 heterocycles. The Hall–Kier alpha value is -2.42. The first-order valence-electron chi connectivity index (χ1n) is 7.52. The molecule has 0 saturated carbocycles. The maximum absolute atomic E-state index is 13.5. The molecule has 2 nitrogen and oxygen atoms in total. The predicted octanol–water partition coefficient (Wildman–Crippen LogP) is 4.39. The minimum absolute atomic E-state index is 0.158. The second-order valence-corrected chi connectivity index (χ2v) is 5.54. The van der Waals surface area contributed by atoms with Crippen molar-refractivity contribution < 1.29 is 4.39 Å². The van der Waals surface area contributed by atoms with Gasteiger partial charge in [-0.15, -0.1) is 0 Å². The van der Waals surface area contributed by atoms with Crippen molar-refractivity contribution in [2.45, 2.75) is 26.7 Å². The number of benzene rings is 2. The fraction of sp³-hybridized carbons (Fsp3) is 0.211. The summed E-state index contributed by atoms with van der Waals surface area (Å²) in [5.41, 5.74) is 2.69. The molecule has 0 bridgehead atoms. The first-order chi connectivity index (χ1) is 10.6. The number of nitrogens with zero attached hydrogens (tertiary/aromatic N) is 1. The molecule has 3 aromatic rings. The zero-order chi connectivity index (χ0) is 15.7. The molecular formula is C19H18FNO. The molecule has 0 N–H and O–H groups in total. The molecule has 3 heteroatoms. The summed E-state index contributed by atoms with van der Waals surface area (Å²) in [5, 5.41) is 1.21. The number of aryl methyl sites for hydroxylation is 2. The van der Waals surface area contributed by atoms with Crippen molar-refractivity contribution in [2.75, 3.05) is 0 Å². The number of halogens is 1. The highest BCUT2D eigenvalue weighted by Gasteiger charge is 2.12. The summed E-state index contributed by atoms with van der Waals surface area (Å²) in [6, 6.07) is 14.2. The smallest absolute Gasteiger partial charge is 0.263 e. The van der Waals surface area contributed by atoms with Crippen LogP contribution >= 0.6 is 0 Å². The lowest BCUT2D eigenvalue weighted by Gasteiger charge is -2.16. The fourth-order valence-corrected chi connectivity index (χ4v) is 2.85. The highest BCUT2D eigenvalue weighted by molar-refractivity contribution is 5.82. The number of rotatable bonds is 3. The first kappa shape index (κ1) is 14.5. The van der Waals surface area contributed by atoms with E-state index in [1.165, 1.54) is 12.1 Å². The van der Waals surface area contributed by atoms with E-state index in [1.807, 2.05) is 37.3 Å². The number of aromatic nitrogens is 1. The maximum Gasteiger partial charge on any atom is 0.263 e. The molecule has 0 aliphatic rings. The third kappa shape index (κ3) is 2.43. The van der Waals surface area contributed by atoms with Crippen LogP contribution in [0.3, 0.4) is 0 Å². The van der Waals surface area contributed by atoms with Gasteiger partial charge in [-0.3, -0.25) is 9.36 Å². The summed E-state index contributed by atoms with van der Waals surface area (Å²) in [6.07, 6.45) is 1.74. The Morgan fingerprint density at radius 3 is 2.59 bits per heavy atom. The van der Waals surface area contributed by atoms with Gasteiger partial charge < -0.3 is 0 Å². The Labute approximate surface area is 128 Å². The van der Waals surface area contributed by atoms with Crippen LogP contribution in [0.2, 0.25) is 0 Å². The van der Waals surface area contributed by atoms with E-state index in [0.29, 0.717) is 5.39 Å². The van der Waals surface area contributed by atoms with Crippen molar-refractivity contribution in [3.05, 3.63) is 76.0 Å². The molecule has 0 saturated heterocycles. The van der Waals surface area contributed by atoms with Gasteiger partial charge in [0.05, 0.1) is 11.1 Å². The van der Waals surface area contributed by atoms with E-state index >= 15 is 0 Å². The van der Waals surface area contributed by atoms with Crippen molar-refractivity contribution in [1.29, 1.82) is 0 Å². The quantitative estimate of drug-likeness (QED) is 0.702. The van der Waals surface area contributed by atoms with E-state index in [0.717, 1.165) is 35.2 Å². The molecule has 0 spiro atoms. The molecule has 0 aliphatic carbocycles. The van der Waals surface area contributed by atoms with Gasteiger partial charge in [0.1, 0.15) is 5.82 Å². The highest BCUT2D eigenvalue weighted by Crippen LogP contribution is 2.20. The van der Waals surface area contributed by atoms with Crippen molar-refractivity contribution in [3.63, 3.8) is 0 Å². The number of pyridine rings is 1. The standard InChI is InChI=1S/C19H18FNO/c1-3-6-16-11-14-9-10-15(20)12-17(14)19(22)21(16)18-8-5-4-7-13(18)2/h4-5,7-12H,3,6H2,1-2H3. The molecule has 3 rings (SSSR count). The van der Waals surface area contributed by atoms with Crippen molar-refractivity contribution >= 4 is 10.8 Å². The third-order valence-electron chi connectivity index (χ3n) is 3.92. The molecule has 112 valence electrons. The lowest BCUT2D eigenvalue weighted by Crippen LogP contribution is -2.23. The zero-order valence-electron chi connectivity index (χ0n) is 12.8. The summed E-state index contributed by atoms with van der Waals surface area (Å²) in [4.78, 5) is 12.9. The molecular weight excluding hydrogens is 277 g/mol. The van der Waals surface area contributed by atoms with E-state index in [2.05, 4.69) is 6.92 Å². The second-order valence-electron chi connectivity index (χ2n) is 5.54. The van der Waals surface area contributed by atoms with Crippen LogP contribution < -0.4 is 5.56 Å².